The number of alkyl halides is 5. The van der Waals surface area contributed by atoms with Gasteiger partial charge in [-0.15, -0.1) is 0 Å². The first-order valence-electron chi connectivity index (χ1n) is 6.40. The van der Waals surface area contributed by atoms with E-state index in [0.717, 1.165) is 0 Å². The molecule has 2 aliphatic rings. The van der Waals surface area contributed by atoms with Crippen molar-refractivity contribution in [2.24, 2.45) is 0 Å². The van der Waals surface area contributed by atoms with Gasteiger partial charge < -0.3 is 10.2 Å². The topological polar surface area (TPSA) is 35.6 Å². The summed E-state index contributed by atoms with van der Waals surface area (Å²) < 4.78 is 64.3. The second kappa shape index (κ2) is 5.44. The summed E-state index contributed by atoms with van der Waals surface area (Å²) in [4.78, 5) is 13.2. The zero-order valence-corrected chi connectivity index (χ0v) is 10.7. The fourth-order valence-corrected chi connectivity index (χ4v) is 2.69. The Hall–Kier alpha value is -0.960. The summed E-state index contributed by atoms with van der Waals surface area (Å²) in [6.45, 7) is -0.206. The number of piperazine rings is 1. The van der Waals surface area contributed by atoms with E-state index in [1.54, 1.807) is 0 Å². The molecule has 0 aromatic heterocycles. The zero-order chi connectivity index (χ0) is 15.0. The average Bonchev–Trinajstić information content (AvgIpc) is 2.36. The Bertz CT molecular complexity index is 366. The molecule has 2 fully saturated rings. The number of nitrogens with one attached hydrogen (secondary N) is 1. The highest BCUT2D eigenvalue weighted by Crippen LogP contribution is 2.29. The van der Waals surface area contributed by atoms with Gasteiger partial charge in [0.2, 0.25) is 0 Å². The quantitative estimate of drug-likeness (QED) is 0.724. The lowest BCUT2D eigenvalue weighted by Crippen LogP contribution is -2.62. The summed E-state index contributed by atoms with van der Waals surface area (Å²) in [7, 11) is 0. The predicted molar refractivity (Wildman–Crippen MR) is 60.4 cm³/mol. The lowest BCUT2D eigenvalue weighted by atomic mass is 10.00. The predicted octanol–water partition coefficient (Wildman–Crippen LogP) is 0.690. The van der Waals surface area contributed by atoms with Crippen LogP contribution < -0.4 is 5.32 Å². The second-order valence-electron chi connectivity index (χ2n) is 5.07. The SMILES string of the molecule is O=C(N1CCN(C2CCNCC2(F)F)CC1)C(F)(F)F. The summed E-state index contributed by atoms with van der Waals surface area (Å²) in [5.41, 5.74) is 0. The lowest BCUT2D eigenvalue weighted by Gasteiger charge is -2.44. The van der Waals surface area contributed by atoms with Crippen molar-refractivity contribution in [1.29, 1.82) is 0 Å². The zero-order valence-electron chi connectivity index (χ0n) is 10.7. The van der Waals surface area contributed by atoms with Gasteiger partial charge in [0.15, 0.2) is 0 Å². The third kappa shape index (κ3) is 3.20. The second-order valence-corrected chi connectivity index (χ2v) is 5.07. The summed E-state index contributed by atoms with van der Waals surface area (Å²) >= 11 is 0. The van der Waals surface area contributed by atoms with Crippen LogP contribution in [0.5, 0.6) is 0 Å². The van der Waals surface area contributed by atoms with E-state index in [2.05, 4.69) is 5.32 Å². The number of carbonyl (C=O) groups is 1. The van der Waals surface area contributed by atoms with E-state index in [9.17, 15) is 26.7 Å². The molecule has 2 rings (SSSR count). The van der Waals surface area contributed by atoms with E-state index in [4.69, 9.17) is 0 Å². The van der Waals surface area contributed by atoms with Crippen LogP contribution in [0.3, 0.4) is 0 Å². The smallest absolute Gasteiger partial charge is 0.332 e. The minimum absolute atomic E-state index is 0.0437. The highest BCUT2D eigenvalue weighted by molar-refractivity contribution is 5.81. The number of hydrogen-bond donors (Lipinski definition) is 1. The van der Waals surface area contributed by atoms with Crippen LogP contribution in [0.4, 0.5) is 22.0 Å². The molecule has 0 aliphatic carbocycles. The molecule has 0 aromatic carbocycles. The van der Waals surface area contributed by atoms with Gasteiger partial charge in [-0.3, -0.25) is 9.69 Å². The number of piperidine rings is 1. The Balaban J connectivity index is 1.93. The van der Waals surface area contributed by atoms with E-state index in [1.165, 1.54) is 4.90 Å². The van der Waals surface area contributed by atoms with E-state index >= 15 is 0 Å². The third-order valence-corrected chi connectivity index (χ3v) is 3.73. The number of halogens is 5. The molecule has 1 N–H and O–H groups in total. The van der Waals surface area contributed by atoms with Crippen molar-refractivity contribution in [2.75, 3.05) is 39.3 Å². The number of nitrogens with zero attached hydrogens (tertiary/aromatic N) is 2. The van der Waals surface area contributed by atoms with Crippen LogP contribution in [-0.4, -0.2) is 73.1 Å². The van der Waals surface area contributed by atoms with Crippen molar-refractivity contribution in [2.45, 2.75) is 24.6 Å². The van der Waals surface area contributed by atoms with Crippen LogP contribution in [0.1, 0.15) is 6.42 Å². The number of hydrogen-bond acceptors (Lipinski definition) is 3. The summed E-state index contributed by atoms with van der Waals surface area (Å²) in [5, 5.41) is 2.60. The molecule has 116 valence electrons. The molecule has 2 saturated heterocycles. The van der Waals surface area contributed by atoms with Gasteiger partial charge in [-0.05, 0) is 13.0 Å². The molecule has 1 amide bonds. The fraction of sp³-hybridized carbons (Fsp3) is 0.909. The molecule has 0 bridgehead atoms. The largest absolute Gasteiger partial charge is 0.471 e. The van der Waals surface area contributed by atoms with E-state index < -0.39 is 30.6 Å². The van der Waals surface area contributed by atoms with Crippen molar-refractivity contribution in [1.82, 2.24) is 15.1 Å². The van der Waals surface area contributed by atoms with Crippen molar-refractivity contribution in [3.63, 3.8) is 0 Å². The molecule has 0 spiro atoms. The van der Waals surface area contributed by atoms with Gasteiger partial charge in [-0.1, -0.05) is 0 Å². The monoisotopic (exact) mass is 301 g/mol. The molecule has 4 nitrogen and oxygen atoms in total. The Morgan fingerprint density at radius 2 is 1.75 bits per heavy atom. The molecule has 1 unspecified atom stereocenters. The maximum atomic E-state index is 13.7. The molecular weight excluding hydrogens is 285 g/mol. The highest BCUT2D eigenvalue weighted by Gasteiger charge is 2.47. The van der Waals surface area contributed by atoms with Gasteiger partial charge in [0.05, 0.1) is 12.6 Å². The Morgan fingerprint density at radius 3 is 2.25 bits per heavy atom. The van der Waals surface area contributed by atoms with Gasteiger partial charge in [0.25, 0.3) is 5.92 Å². The standard InChI is InChI=1S/C11H16F5N3O/c12-10(13)7-17-2-1-8(10)18-3-5-19(6-4-18)9(20)11(14,15)16/h8,17H,1-7H2. The molecule has 0 saturated carbocycles. The van der Waals surface area contributed by atoms with Crippen LogP contribution in [-0.2, 0) is 4.79 Å². The molecular formula is C11H16F5N3O. The third-order valence-electron chi connectivity index (χ3n) is 3.73. The van der Waals surface area contributed by atoms with Crippen LogP contribution in [0.15, 0.2) is 0 Å². The summed E-state index contributed by atoms with van der Waals surface area (Å²) in [5.74, 6) is -4.79. The normalized spacial score (nSPS) is 28.4. The molecule has 0 radical (unpaired) electrons. The van der Waals surface area contributed by atoms with Crippen molar-refractivity contribution in [3.05, 3.63) is 0 Å². The summed E-state index contributed by atoms with van der Waals surface area (Å²) in [6.07, 6.45) is -4.65. The lowest BCUT2D eigenvalue weighted by molar-refractivity contribution is -0.188. The molecule has 2 aliphatic heterocycles. The summed E-state index contributed by atoms with van der Waals surface area (Å²) in [6, 6.07) is -0.966. The van der Waals surface area contributed by atoms with Gasteiger partial charge in [-0.2, -0.15) is 13.2 Å². The van der Waals surface area contributed by atoms with E-state index in [-0.39, 0.29) is 32.6 Å². The number of amides is 1. The number of carbonyl (C=O) groups excluding carboxylic acids is 1. The Kier molecular flexibility index (Phi) is 4.19. The van der Waals surface area contributed by atoms with Gasteiger partial charge in [0, 0.05) is 26.2 Å². The first-order valence-corrected chi connectivity index (χ1v) is 6.40. The van der Waals surface area contributed by atoms with Crippen molar-refractivity contribution < 1.29 is 26.7 Å². The Labute approximate surface area is 112 Å². The van der Waals surface area contributed by atoms with Crippen molar-refractivity contribution >= 4 is 5.91 Å². The highest BCUT2D eigenvalue weighted by atomic mass is 19.4. The van der Waals surface area contributed by atoms with Crippen LogP contribution >= 0.6 is 0 Å². The molecule has 0 aromatic rings. The fourth-order valence-electron chi connectivity index (χ4n) is 2.69. The van der Waals surface area contributed by atoms with Gasteiger partial charge >= 0.3 is 12.1 Å². The maximum Gasteiger partial charge on any atom is 0.471 e. The average molecular weight is 301 g/mol. The first-order chi connectivity index (χ1) is 9.22. The molecule has 9 heteroatoms. The van der Waals surface area contributed by atoms with E-state index in [0.29, 0.717) is 11.4 Å². The molecule has 2 heterocycles. The van der Waals surface area contributed by atoms with Gasteiger partial charge in [0.1, 0.15) is 0 Å². The van der Waals surface area contributed by atoms with Crippen LogP contribution in [0, 0.1) is 0 Å². The van der Waals surface area contributed by atoms with Crippen LogP contribution in [0.25, 0.3) is 0 Å². The first kappa shape index (κ1) is 15.4. The van der Waals surface area contributed by atoms with E-state index in [1.807, 2.05) is 0 Å². The molecule has 20 heavy (non-hydrogen) atoms. The minimum atomic E-state index is -4.90. The minimum Gasteiger partial charge on any atom is -0.332 e. The number of rotatable bonds is 1. The Morgan fingerprint density at radius 1 is 1.15 bits per heavy atom. The van der Waals surface area contributed by atoms with Crippen molar-refractivity contribution in [3.8, 4) is 0 Å². The van der Waals surface area contributed by atoms with Crippen LogP contribution in [0.2, 0.25) is 0 Å². The maximum absolute atomic E-state index is 13.7. The van der Waals surface area contributed by atoms with Gasteiger partial charge in [-0.25, -0.2) is 8.78 Å². The molecule has 1 atom stereocenters.